The van der Waals surface area contributed by atoms with Gasteiger partial charge in [-0.1, -0.05) is 42.5 Å². The van der Waals surface area contributed by atoms with E-state index in [2.05, 4.69) is 5.32 Å². The molecule has 43 heavy (non-hydrogen) atoms. The van der Waals surface area contributed by atoms with Crippen LogP contribution in [0.5, 0.6) is 17.2 Å². The highest BCUT2D eigenvalue weighted by Crippen LogP contribution is 2.34. The second kappa shape index (κ2) is 14.3. The maximum atomic E-state index is 14.3. The first-order chi connectivity index (χ1) is 20.2. The van der Waals surface area contributed by atoms with E-state index in [9.17, 15) is 18.0 Å². The number of sulfonamides is 1. The molecule has 3 aromatic carbocycles. The summed E-state index contributed by atoms with van der Waals surface area (Å²) in [5.74, 6) is 0.325. The third-order valence-electron chi connectivity index (χ3n) is 6.59. The second-order valence-corrected chi connectivity index (χ2v) is 13.0. The van der Waals surface area contributed by atoms with Crippen LogP contribution >= 0.6 is 0 Å². The molecule has 232 valence electrons. The quantitative estimate of drug-likeness (QED) is 0.310. The second-order valence-electron chi connectivity index (χ2n) is 11.1. The van der Waals surface area contributed by atoms with Gasteiger partial charge in [0.25, 0.3) is 0 Å². The zero-order chi connectivity index (χ0) is 31.8. The summed E-state index contributed by atoms with van der Waals surface area (Å²) in [7, 11) is 0.463. The number of nitrogens with zero attached hydrogens (tertiary/aromatic N) is 2. The Bertz CT molecular complexity index is 1500. The van der Waals surface area contributed by atoms with Gasteiger partial charge < -0.3 is 24.4 Å². The molecule has 1 N–H and O–H groups in total. The number of carbonyl (C=O) groups is 2. The first-order valence-electron chi connectivity index (χ1n) is 13.7. The summed E-state index contributed by atoms with van der Waals surface area (Å²) >= 11 is 0. The maximum Gasteiger partial charge on any atom is 0.244 e. The van der Waals surface area contributed by atoms with Crippen molar-refractivity contribution in [2.24, 2.45) is 0 Å². The Morgan fingerprint density at radius 2 is 1.47 bits per heavy atom. The van der Waals surface area contributed by atoms with Gasteiger partial charge >= 0.3 is 0 Å². The highest BCUT2D eigenvalue weighted by molar-refractivity contribution is 7.92. The van der Waals surface area contributed by atoms with Crippen molar-refractivity contribution in [1.29, 1.82) is 0 Å². The molecule has 11 heteroatoms. The molecule has 0 aliphatic heterocycles. The molecule has 0 aliphatic carbocycles. The minimum atomic E-state index is -3.97. The zero-order valence-corrected chi connectivity index (χ0v) is 26.6. The Morgan fingerprint density at radius 3 is 2.05 bits per heavy atom. The van der Waals surface area contributed by atoms with Crippen LogP contribution in [0.2, 0.25) is 0 Å². The predicted octanol–water partition coefficient (Wildman–Crippen LogP) is 4.03. The minimum Gasteiger partial charge on any atom is -0.497 e. The van der Waals surface area contributed by atoms with Crippen molar-refractivity contribution in [3.05, 3.63) is 83.9 Å². The Morgan fingerprint density at radius 1 is 0.837 bits per heavy atom. The van der Waals surface area contributed by atoms with E-state index in [0.717, 1.165) is 16.1 Å². The third-order valence-corrected chi connectivity index (χ3v) is 7.72. The molecule has 1 atom stereocenters. The maximum absolute atomic E-state index is 14.3. The van der Waals surface area contributed by atoms with E-state index in [1.54, 1.807) is 37.4 Å². The van der Waals surface area contributed by atoms with Crippen LogP contribution in [0.25, 0.3) is 0 Å². The summed E-state index contributed by atoms with van der Waals surface area (Å²) in [6.07, 6.45) is 1.23. The fourth-order valence-electron chi connectivity index (χ4n) is 4.56. The van der Waals surface area contributed by atoms with Gasteiger partial charge in [-0.2, -0.15) is 0 Å². The van der Waals surface area contributed by atoms with Gasteiger partial charge in [-0.05, 0) is 56.2 Å². The summed E-state index contributed by atoms with van der Waals surface area (Å²) in [6.45, 7) is 5.04. The SMILES string of the molecule is COc1cccc(CN(C(=O)CN(c2ccc(OC)cc2OC)S(C)(=O)=O)[C@@H](Cc2ccccc2)C(=O)NC(C)(C)C)c1. The number of methoxy groups -OCH3 is 3. The summed E-state index contributed by atoms with van der Waals surface area (Å²) in [5.41, 5.74) is 1.14. The number of ether oxygens (including phenoxy) is 3. The van der Waals surface area contributed by atoms with E-state index in [1.165, 1.54) is 25.2 Å². The van der Waals surface area contributed by atoms with Gasteiger partial charge in [0, 0.05) is 24.6 Å². The van der Waals surface area contributed by atoms with E-state index >= 15 is 0 Å². The summed E-state index contributed by atoms with van der Waals surface area (Å²) in [5, 5.41) is 3.01. The molecule has 0 saturated carbocycles. The fourth-order valence-corrected chi connectivity index (χ4v) is 5.41. The number of anilines is 1. The smallest absolute Gasteiger partial charge is 0.244 e. The number of benzene rings is 3. The fraction of sp³-hybridized carbons (Fsp3) is 0.375. The Labute approximate surface area is 254 Å². The van der Waals surface area contributed by atoms with Gasteiger partial charge in [-0.25, -0.2) is 8.42 Å². The van der Waals surface area contributed by atoms with Gasteiger partial charge in [-0.15, -0.1) is 0 Å². The molecule has 0 radical (unpaired) electrons. The first-order valence-corrected chi connectivity index (χ1v) is 15.6. The molecule has 3 aromatic rings. The number of rotatable bonds is 13. The number of amides is 2. The Kier molecular flexibility index (Phi) is 11.0. The molecule has 3 rings (SSSR count). The highest BCUT2D eigenvalue weighted by atomic mass is 32.2. The molecule has 10 nitrogen and oxygen atoms in total. The largest absolute Gasteiger partial charge is 0.497 e. The van der Waals surface area contributed by atoms with Crippen LogP contribution in [-0.2, 0) is 32.6 Å². The van der Waals surface area contributed by atoms with Crippen molar-refractivity contribution >= 4 is 27.5 Å². The third kappa shape index (κ3) is 9.37. The first kappa shape index (κ1) is 33.3. The average molecular weight is 612 g/mol. The Balaban J connectivity index is 2.13. The molecule has 0 spiro atoms. The molecule has 0 heterocycles. The van der Waals surface area contributed by atoms with E-state index in [4.69, 9.17) is 14.2 Å². The lowest BCUT2D eigenvalue weighted by atomic mass is 10.0. The van der Waals surface area contributed by atoms with Crippen molar-refractivity contribution < 1.29 is 32.2 Å². The van der Waals surface area contributed by atoms with Crippen LogP contribution in [0.15, 0.2) is 72.8 Å². The molecule has 0 fully saturated rings. The number of nitrogens with one attached hydrogen (secondary N) is 1. The van der Waals surface area contributed by atoms with E-state index in [0.29, 0.717) is 17.1 Å². The van der Waals surface area contributed by atoms with Crippen LogP contribution in [0.4, 0.5) is 5.69 Å². The van der Waals surface area contributed by atoms with Crippen molar-refractivity contribution in [1.82, 2.24) is 10.2 Å². The molecule has 0 saturated heterocycles. The van der Waals surface area contributed by atoms with Crippen molar-refractivity contribution in [2.75, 3.05) is 38.4 Å². The topological polar surface area (TPSA) is 114 Å². The average Bonchev–Trinajstić information content (AvgIpc) is 2.96. The monoisotopic (exact) mass is 611 g/mol. The predicted molar refractivity (Wildman–Crippen MR) is 167 cm³/mol. The number of hydrogen-bond acceptors (Lipinski definition) is 7. The molecule has 0 aliphatic rings. The van der Waals surface area contributed by atoms with Gasteiger partial charge in [0.2, 0.25) is 21.8 Å². The van der Waals surface area contributed by atoms with Gasteiger partial charge in [0.1, 0.15) is 29.8 Å². The zero-order valence-electron chi connectivity index (χ0n) is 25.8. The summed E-state index contributed by atoms with van der Waals surface area (Å²) in [4.78, 5) is 29.6. The van der Waals surface area contributed by atoms with E-state index in [-0.39, 0.29) is 30.3 Å². The number of carbonyl (C=O) groups excluding carboxylic acids is 2. The van der Waals surface area contributed by atoms with Crippen LogP contribution in [0, 0.1) is 0 Å². The van der Waals surface area contributed by atoms with Crippen molar-refractivity contribution in [2.45, 2.75) is 45.3 Å². The molecular weight excluding hydrogens is 570 g/mol. The molecule has 0 aromatic heterocycles. The Hall–Kier alpha value is -4.25. The normalized spacial score (nSPS) is 12.2. The van der Waals surface area contributed by atoms with Gasteiger partial charge in [-0.3, -0.25) is 13.9 Å². The van der Waals surface area contributed by atoms with Crippen LogP contribution < -0.4 is 23.8 Å². The lowest BCUT2D eigenvalue weighted by molar-refractivity contribution is -0.140. The standard InChI is InChI=1S/C32H41N3O7S/c1-32(2,3)33-31(37)28(19-23-12-9-8-10-13-23)34(21-24-14-11-15-25(18-24)40-4)30(36)22-35(43(7,38)39)27-17-16-26(41-5)20-29(27)42-6/h8-18,20,28H,19,21-22H2,1-7H3,(H,33,37)/t28-/m0/s1. The lowest BCUT2D eigenvalue weighted by Crippen LogP contribution is -2.56. The van der Waals surface area contributed by atoms with Gasteiger partial charge in [0.15, 0.2) is 0 Å². The summed E-state index contributed by atoms with van der Waals surface area (Å²) in [6, 6.07) is 20.2. The molecule has 0 unspecified atom stereocenters. The molecule has 0 bridgehead atoms. The molecular formula is C32H41N3O7S. The van der Waals surface area contributed by atoms with E-state index < -0.39 is 34.1 Å². The highest BCUT2D eigenvalue weighted by Gasteiger charge is 2.35. The van der Waals surface area contributed by atoms with Crippen molar-refractivity contribution in [3.63, 3.8) is 0 Å². The van der Waals surface area contributed by atoms with Crippen molar-refractivity contribution in [3.8, 4) is 17.2 Å². The number of hydrogen-bond donors (Lipinski definition) is 1. The van der Waals surface area contributed by atoms with E-state index in [1.807, 2.05) is 57.2 Å². The molecule has 2 amide bonds. The summed E-state index contributed by atoms with van der Waals surface area (Å²) < 4.78 is 43.3. The minimum absolute atomic E-state index is 0.0302. The lowest BCUT2D eigenvalue weighted by Gasteiger charge is -2.35. The van der Waals surface area contributed by atoms with Crippen LogP contribution in [0.1, 0.15) is 31.9 Å². The van der Waals surface area contributed by atoms with Crippen LogP contribution in [-0.4, -0.2) is 70.8 Å². The van der Waals surface area contributed by atoms with Gasteiger partial charge in [0.05, 0.1) is 33.3 Å². The van der Waals surface area contributed by atoms with Crippen LogP contribution in [0.3, 0.4) is 0 Å².